The summed E-state index contributed by atoms with van der Waals surface area (Å²) in [6.07, 6.45) is -59.5. The maximum absolute atomic E-state index is 11.7. The Morgan fingerprint density at radius 2 is 0.702 bits per heavy atom. The van der Waals surface area contributed by atoms with Crippen LogP contribution in [-0.2, 0) is 52.1 Å². The van der Waals surface area contributed by atoms with Crippen LogP contribution in [-0.4, -0.2) is 293 Å². The first-order valence-electron chi connectivity index (χ1n) is 27.6. The maximum Gasteiger partial charge on any atom is 0.218 e. The van der Waals surface area contributed by atoms with Crippen LogP contribution in [0.3, 0.4) is 0 Å². The SMILES string of the molecule is C=CCO/C1=C(/O)C(O)OC2C(CN=[N+]=[N-])OC(OC(CCN=[N+]=[N-])/C(O)=C(\O)C(O)OC(CCN=[N+]=[N-])/C(O)=C(/O)C(O)OC(CCN=[N+]=[N-])C(O)C(O)C(O)OC3C(CN=[N+]=[N-])OC(OC4C(CN=[N+]=[N-])OC(OC1CCN=[N+]=[N-])C(O)C4O)C(O)C3O)C(O)C2O. The van der Waals surface area contributed by atoms with Crippen molar-refractivity contribution in [1.82, 2.24) is 0 Å². The summed E-state index contributed by atoms with van der Waals surface area (Å²) in [6.45, 7) is -2.28. The molecule has 49 heteroatoms. The van der Waals surface area contributed by atoms with Crippen LogP contribution in [0.25, 0.3) is 73.1 Å². The number of ether oxygens (including phenoxy) is 11. The molecular weight excluding hydrogens is 1280 g/mol. The lowest BCUT2D eigenvalue weighted by molar-refractivity contribution is -0.366. The molecule has 49 nitrogen and oxygen atoms in total. The molecule has 0 aromatic rings. The molecule has 0 amide bonds. The highest BCUT2D eigenvalue weighted by atomic mass is 16.8. The van der Waals surface area contributed by atoms with Crippen LogP contribution in [0, 0.1) is 0 Å². The first-order valence-corrected chi connectivity index (χ1v) is 27.6. The maximum atomic E-state index is 11.7. The fraction of sp³-hybridized carbons (Fsp3) is 0.822. The predicted molar refractivity (Wildman–Crippen MR) is 299 cm³/mol. The van der Waals surface area contributed by atoms with Crippen molar-refractivity contribution >= 4 is 0 Å². The van der Waals surface area contributed by atoms with Gasteiger partial charge < -0.3 is 139 Å². The number of aliphatic hydroxyl groups excluding tert-OH is 17. The quantitative estimate of drug-likeness (QED) is 0.0295. The molecule has 7 aliphatic rings. The fourth-order valence-corrected chi connectivity index (χ4v) is 9.31. The molecule has 17 N–H and O–H groups in total. The lowest BCUT2D eigenvalue weighted by Gasteiger charge is -2.47. The molecule has 3 saturated heterocycles. The third-order valence-corrected chi connectivity index (χ3v) is 14.0. The average molecular weight is 1350 g/mol. The number of hydrogen-bond acceptors (Lipinski definition) is 35. The summed E-state index contributed by atoms with van der Waals surface area (Å²) in [6, 6.07) is 0. The molecule has 6 bridgehead atoms. The highest BCUT2D eigenvalue weighted by Crippen LogP contribution is 2.36. The van der Waals surface area contributed by atoms with Crippen molar-refractivity contribution in [2.75, 3.05) is 52.4 Å². The van der Waals surface area contributed by atoms with Gasteiger partial charge in [-0.25, -0.2) is 0 Å². The van der Waals surface area contributed by atoms with Crippen molar-refractivity contribution in [3.63, 3.8) is 0 Å². The summed E-state index contributed by atoms with van der Waals surface area (Å²) in [5.41, 5.74) is 64.0. The molecule has 0 saturated carbocycles. The zero-order chi connectivity index (χ0) is 69.8. The number of rotatable bonds is 21. The number of hydrogen-bond donors (Lipinski definition) is 17. The Hall–Kier alpha value is -7.95. The van der Waals surface area contributed by atoms with Gasteiger partial charge in [0.25, 0.3) is 0 Å². The van der Waals surface area contributed by atoms with Gasteiger partial charge in [-0.2, -0.15) is 0 Å². The Morgan fingerprint density at radius 1 is 0.351 bits per heavy atom. The Balaban J connectivity index is 1.97. The summed E-state index contributed by atoms with van der Waals surface area (Å²) < 4.78 is 62.1. The van der Waals surface area contributed by atoms with Gasteiger partial charge in [-0.1, -0.05) is 48.5 Å². The highest BCUT2D eigenvalue weighted by molar-refractivity contribution is 5.13. The number of nitrogens with zero attached hydrogens (tertiary/aromatic N) is 21. The zero-order valence-corrected chi connectivity index (χ0v) is 48.7. The molecule has 0 aromatic carbocycles. The molecule has 7 aliphatic heterocycles. The highest BCUT2D eigenvalue weighted by Gasteiger charge is 2.54. The van der Waals surface area contributed by atoms with Gasteiger partial charge >= 0.3 is 0 Å². The number of azide groups is 7. The molecule has 3 fully saturated rings. The van der Waals surface area contributed by atoms with E-state index in [2.05, 4.69) is 76.8 Å². The average Bonchev–Trinajstić information content (AvgIpc) is 0.793. The van der Waals surface area contributed by atoms with Crippen molar-refractivity contribution in [3.8, 4) is 0 Å². The molecular formula is C45H69N21O28. The summed E-state index contributed by atoms with van der Waals surface area (Å²) in [4.78, 5) is 18.1. The molecule has 94 heavy (non-hydrogen) atoms. The van der Waals surface area contributed by atoms with Crippen LogP contribution in [0.2, 0.25) is 0 Å². The summed E-state index contributed by atoms with van der Waals surface area (Å²) >= 11 is 0. The van der Waals surface area contributed by atoms with E-state index in [-0.39, 0.29) is 0 Å². The summed E-state index contributed by atoms with van der Waals surface area (Å²) in [7, 11) is 0. The molecule has 0 aliphatic carbocycles. The molecule has 25 unspecified atom stereocenters. The van der Waals surface area contributed by atoms with E-state index in [1.807, 2.05) is 0 Å². The Bertz CT molecular complexity index is 2920. The van der Waals surface area contributed by atoms with E-state index in [4.69, 9.17) is 68.7 Å². The Morgan fingerprint density at radius 3 is 1.13 bits per heavy atom. The number of fused-ring (bicyclic) bond motifs is 3. The fourth-order valence-electron chi connectivity index (χ4n) is 9.31. The van der Waals surface area contributed by atoms with Crippen LogP contribution in [0.15, 0.2) is 83.0 Å². The second-order valence-corrected chi connectivity index (χ2v) is 20.0. The molecule has 522 valence electrons. The summed E-state index contributed by atoms with van der Waals surface area (Å²) in [5.74, 6) is -8.59. The number of aliphatic hydroxyl groups is 17. The predicted octanol–water partition coefficient (Wildman–Crippen LogP) is -0.608. The van der Waals surface area contributed by atoms with Crippen molar-refractivity contribution in [3.05, 3.63) is 120 Å². The topological polar surface area (TPSA) is 787 Å². The van der Waals surface area contributed by atoms with Crippen LogP contribution < -0.4 is 0 Å². The standard InChI is InChI=1S/C45H69N21O28/c1-2-11-84-35-18(6-10-56-63-49)88-44-32(77)27(72)38(21(90-44)14-59-66-52)94-45-33(78)26(71)36(20(91-45)13-58-65-51)92-41(82)30(75)23(68)16(4-8-54-61-47)86-39(80)28(73)22(67)15(3-7-53-60-46)85-40(81)29(74)24(69)17(5-9-55-62-48)87-43-31(76)25(70)37(93-42(83)34(35)79)19(89-43)12-57-64-50/h2,15-21,23,25-27,30-33,36-45,67-83H,1,3-14H2/b28-22-,29-24+,35-34+. The van der Waals surface area contributed by atoms with E-state index >= 15 is 0 Å². The third kappa shape index (κ3) is 21.5. The van der Waals surface area contributed by atoms with Crippen LogP contribution in [0.4, 0.5) is 0 Å². The molecule has 0 radical (unpaired) electrons. The molecule has 0 aromatic heterocycles. The van der Waals surface area contributed by atoms with E-state index < -0.39 is 267 Å². The largest absolute Gasteiger partial charge is 0.506 e. The van der Waals surface area contributed by atoms with Gasteiger partial charge in [-0.15, -0.1) is 0 Å². The molecule has 7 rings (SSSR count). The Labute approximate surface area is 526 Å². The minimum absolute atomic E-state index is 0.568. The van der Waals surface area contributed by atoms with Crippen molar-refractivity contribution in [2.45, 2.75) is 180 Å². The van der Waals surface area contributed by atoms with E-state index in [0.717, 1.165) is 6.08 Å². The molecule has 0 spiro atoms. The van der Waals surface area contributed by atoms with Gasteiger partial charge in [-0.3, -0.25) is 0 Å². The first-order chi connectivity index (χ1) is 44.9. The second kappa shape index (κ2) is 39.7. The van der Waals surface area contributed by atoms with Gasteiger partial charge in [-0.05, 0) is 64.4 Å². The van der Waals surface area contributed by atoms with Crippen molar-refractivity contribution in [2.24, 2.45) is 35.8 Å². The third-order valence-electron chi connectivity index (χ3n) is 14.0. The Kier molecular flexibility index (Phi) is 33.1. The van der Waals surface area contributed by atoms with Crippen LogP contribution in [0.5, 0.6) is 0 Å². The van der Waals surface area contributed by atoms with E-state index in [1.54, 1.807) is 0 Å². The normalized spacial score (nSPS) is 39.1. The van der Waals surface area contributed by atoms with Gasteiger partial charge in [0.15, 0.2) is 59.7 Å². The molecule has 25 atom stereocenters. The van der Waals surface area contributed by atoms with E-state index in [0.29, 0.717) is 0 Å². The second-order valence-electron chi connectivity index (χ2n) is 20.0. The summed E-state index contributed by atoms with van der Waals surface area (Å²) in [5, 5.41) is 217. The van der Waals surface area contributed by atoms with Gasteiger partial charge in [0.1, 0.15) is 92.1 Å². The lowest BCUT2D eigenvalue weighted by Crippen LogP contribution is -2.65. The first kappa shape index (κ1) is 78.5. The minimum atomic E-state index is -2.89. The van der Waals surface area contributed by atoms with E-state index in [9.17, 15) is 109 Å². The lowest BCUT2D eigenvalue weighted by atomic mass is 9.96. The van der Waals surface area contributed by atoms with E-state index in [1.165, 1.54) is 0 Å². The van der Waals surface area contributed by atoms with Crippen LogP contribution in [0.1, 0.15) is 25.7 Å². The van der Waals surface area contributed by atoms with Gasteiger partial charge in [0.05, 0.1) is 44.1 Å². The van der Waals surface area contributed by atoms with Crippen molar-refractivity contribution in [1.29, 1.82) is 0 Å². The van der Waals surface area contributed by atoms with Gasteiger partial charge in [0, 0.05) is 60.6 Å². The monoisotopic (exact) mass is 1350 g/mol. The minimum Gasteiger partial charge on any atom is -0.506 e. The van der Waals surface area contributed by atoms with Gasteiger partial charge in [0.2, 0.25) is 18.9 Å². The molecule has 7 heterocycles. The van der Waals surface area contributed by atoms with Crippen LogP contribution >= 0.6 is 0 Å². The smallest absolute Gasteiger partial charge is 0.218 e. The van der Waals surface area contributed by atoms with Crippen molar-refractivity contribution < 1.29 is 139 Å². The zero-order valence-electron chi connectivity index (χ0n) is 48.7.